The van der Waals surface area contributed by atoms with Crippen molar-refractivity contribution in [3.8, 4) is 5.75 Å². The lowest BCUT2D eigenvalue weighted by Gasteiger charge is -2.21. The van der Waals surface area contributed by atoms with Crippen molar-refractivity contribution in [3.05, 3.63) is 65.5 Å². The van der Waals surface area contributed by atoms with Crippen LogP contribution < -0.4 is 15.0 Å². The number of nitrogens with one attached hydrogen (secondary N) is 2. The monoisotopic (exact) mass is 331 g/mol. The number of amides is 1. The van der Waals surface area contributed by atoms with Gasteiger partial charge < -0.3 is 15.0 Å². The van der Waals surface area contributed by atoms with Gasteiger partial charge in [0.05, 0.1) is 14.2 Å². The van der Waals surface area contributed by atoms with E-state index in [4.69, 9.17) is 4.74 Å². The third-order valence-electron chi connectivity index (χ3n) is 4.15. The summed E-state index contributed by atoms with van der Waals surface area (Å²) >= 11 is 0. The second kappa shape index (κ2) is 8.45. The second-order valence-electron chi connectivity index (χ2n) is 5.94. The Hall–Kier alpha value is -2.40. The average Bonchev–Trinajstić information content (AvgIpc) is 2.61. The molecule has 0 spiro atoms. The first-order valence-electron chi connectivity index (χ1n) is 7.97. The fourth-order valence-electron chi connectivity index (χ4n) is 2.39. The van der Waals surface area contributed by atoms with Crippen LogP contribution in [0.2, 0.25) is 0 Å². The van der Waals surface area contributed by atoms with Crippen LogP contribution in [-0.4, -0.2) is 26.1 Å². The van der Waals surface area contributed by atoms with Crippen LogP contribution >= 0.6 is 0 Å². The maximum absolute atomic E-state index is 12.9. The minimum absolute atomic E-state index is 0.00886. The van der Waals surface area contributed by atoms with Gasteiger partial charge in [-0.25, -0.2) is 4.39 Å². The van der Waals surface area contributed by atoms with Crippen LogP contribution in [0.4, 0.5) is 4.39 Å². The predicted octanol–water partition coefficient (Wildman–Crippen LogP) is 1.55. The van der Waals surface area contributed by atoms with E-state index in [1.165, 1.54) is 12.1 Å². The molecule has 0 fully saturated rings. The second-order valence-corrected chi connectivity index (χ2v) is 5.94. The van der Waals surface area contributed by atoms with Gasteiger partial charge in [0.15, 0.2) is 6.04 Å². The normalized spacial score (nSPS) is 13.2. The first-order valence-corrected chi connectivity index (χ1v) is 7.97. The Kier molecular flexibility index (Phi) is 6.32. The molecule has 0 aliphatic rings. The zero-order valence-corrected chi connectivity index (χ0v) is 14.3. The van der Waals surface area contributed by atoms with Gasteiger partial charge in [-0.05, 0) is 36.8 Å². The first-order chi connectivity index (χ1) is 11.5. The third kappa shape index (κ3) is 5.06. The maximum Gasteiger partial charge on any atom is 0.278 e. The van der Waals surface area contributed by atoms with Crippen LogP contribution in [0, 0.1) is 5.82 Å². The molecule has 1 amide bonds. The molecular formula is C19H24FN2O2+. The molecule has 0 bridgehead atoms. The fraction of sp³-hybridized carbons (Fsp3) is 0.316. The van der Waals surface area contributed by atoms with Crippen LogP contribution in [0.25, 0.3) is 0 Å². The number of carbonyl (C=O) groups excluding carboxylic acids is 1. The molecule has 0 saturated carbocycles. The van der Waals surface area contributed by atoms with Gasteiger partial charge in [0.2, 0.25) is 0 Å². The molecule has 0 heterocycles. The maximum atomic E-state index is 12.9. The molecule has 0 aliphatic carbocycles. The van der Waals surface area contributed by atoms with Crippen molar-refractivity contribution in [1.82, 2.24) is 5.32 Å². The van der Waals surface area contributed by atoms with Crippen molar-refractivity contribution >= 4 is 5.91 Å². The number of quaternary nitrogens is 1. The summed E-state index contributed by atoms with van der Waals surface area (Å²) in [6.45, 7) is 3.04. The van der Waals surface area contributed by atoms with Crippen molar-refractivity contribution in [3.63, 3.8) is 0 Å². The lowest BCUT2D eigenvalue weighted by molar-refractivity contribution is -0.908. The average molecular weight is 331 g/mol. The number of ether oxygens (including phenoxy) is 1. The van der Waals surface area contributed by atoms with Gasteiger partial charge in [0.1, 0.15) is 18.1 Å². The van der Waals surface area contributed by atoms with E-state index in [0.29, 0.717) is 13.1 Å². The van der Waals surface area contributed by atoms with E-state index in [1.807, 2.05) is 38.2 Å². The summed E-state index contributed by atoms with van der Waals surface area (Å²) in [5, 5.41) is 2.95. The number of hydrogen-bond acceptors (Lipinski definition) is 2. The van der Waals surface area contributed by atoms with E-state index in [-0.39, 0.29) is 17.8 Å². The largest absolute Gasteiger partial charge is 0.497 e. The molecule has 4 nitrogen and oxygen atoms in total. The molecule has 0 saturated heterocycles. The zero-order chi connectivity index (χ0) is 17.5. The molecule has 2 rings (SSSR count). The topological polar surface area (TPSA) is 42.8 Å². The van der Waals surface area contributed by atoms with Gasteiger partial charge in [-0.1, -0.05) is 24.3 Å². The van der Waals surface area contributed by atoms with Crippen LogP contribution in [0.5, 0.6) is 5.75 Å². The van der Waals surface area contributed by atoms with Crippen LogP contribution in [0.3, 0.4) is 0 Å². The van der Waals surface area contributed by atoms with E-state index in [9.17, 15) is 9.18 Å². The molecular weight excluding hydrogens is 307 g/mol. The molecule has 0 aromatic heterocycles. The fourth-order valence-corrected chi connectivity index (χ4v) is 2.39. The number of carbonyl (C=O) groups is 1. The van der Waals surface area contributed by atoms with E-state index in [1.54, 1.807) is 19.2 Å². The summed E-state index contributed by atoms with van der Waals surface area (Å²) in [6, 6.07) is 13.8. The Morgan fingerprint density at radius 2 is 1.71 bits per heavy atom. The molecule has 0 aliphatic heterocycles. The van der Waals surface area contributed by atoms with Gasteiger partial charge in [0.25, 0.3) is 5.91 Å². The lowest BCUT2D eigenvalue weighted by Crippen LogP contribution is -3.12. The van der Waals surface area contributed by atoms with Crippen LogP contribution in [0.1, 0.15) is 18.1 Å². The van der Waals surface area contributed by atoms with Gasteiger partial charge in [-0.3, -0.25) is 4.79 Å². The highest BCUT2D eigenvalue weighted by Crippen LogP contribution is 2.10. The van der Waals surface area contributed by atoms with Crippen LogP contribution in [-0.2, 0) is 17.9 Å². The number of methoxy groups -OCH3 is 1. The van der Waals surface area contributed by atoms with E-state index in [2.05, 4.69) is 5.32 Å². The summed E-state index contributed by atoms with van der Waals surface area (Å²) in [5.41, 5.74) is 2.02. The van der Waals surface area contributed by atoms with Gasteiger partial charge in [-0.15, -0.1) is 0 Å². The SMILES string of the molecule is COc1ccc(CNC(=O)[C@@H](C)[NH+](C)Cc2ccc(F)cc2)cc1. The smallest absolute Gasteiger partial charge is 0.278 e. The summed E-state index contributed by atoms with van der Waals surface area (Å²) < 4.78 is 18.1. The standard InChI is InChI=1S/C19H23FN2O2/c1-14(22(2)13-16-4-8-17(20)9-5-16)19(23)21-12-15-6-10-18(24-3)11-7-15/h4-11,14H,12-13H2,1-3H3,(H,21,23)/p+1/t14-/m1/s1. The molecule has 0 radical (unpaired) electrons. The molecule has 128 valence electrons. The quantitative estimate of drug-likeness (QED) is 0.808. The Morgan fingerprint density at radius 1 is 1.12 bits per heavy atom. The first kappa shape index (κ1) is 17.9. The molecule has 2 aromatic carbocycles. The van der Waals surface area contributed by atoms with Gasteiger partial charge in [-0.2, -0.15) is 0 Å². The molecule has 5 heteroatoms. The Bertz CT molecular complexity index is 656. The summed E-state index contributed by atoms with van der Waals surface area (Å²) in [4.78, 5) is 13.4. The van der Waals surface area contributed by atoms with E-state index in [0.717, 1.165) is 21.8 Å². The highest BCUT2D eigenvalue weighted by molar-refractivity contribution is 5.79. The highest BCUT2D eigenvalue weighted by Gasteiger charge is 2.21. The van der Waals surface area contributed by atoms with Crippen molar-refractivity contribution in [1.29, 1.82) is 0 Å². The molecule has 2 N–H and O–H groups in total. The Labute approximate surface area is 142 Å². The zero-order valence-electron chi connectivity index (χ0n) is 14.3. The summed E-state index contributed by atoms with van der Waals surface area (Å²) in [6.07, 6.45) is 0. The highest BCUT2D eigenvalue weighted by atomic mass is 19.1. The minimum atomic E-state index is -0.248. The number of hydrogen-bond donors (Lipinski definition) is 2. The van der Waals surface area contributed by atoms with Crippen molar-refractivity contribution < 1.29 is 18.8 Å². The molecule has 1 unspecified atom stereocenters. The van der Waals surface area contributed by atoms with Gasteiger partial charge >= 0.3 is 0 Å². The third-order valence-corrected chi connectivity index (χ3v) is 4.15. The Balaban J connectivity index is 1.84. The van der Waals surface area contributed by atoms with E-state index < -0.39 is 0 Å². The molecule has 24 heavy (non-hydrogen) atoms. The van der Waals surface area contributed by atoms with Crippen molar-refractivity contribution in [2.45, 2.75) is 26.1 Å². The number of benzene rings is 2. The van der Waals surface area contributed by atoms with Crippen molar-refractivity contribution in [2.75, 3.05) is 14.2 Å². The summed E-state index contributed by atoms with van der Waals surface area (Å²) in [7, 11) is 3.58. The van der Waals surface area contributed by atoms with Crippen LogP contribution in [0.15, 0.2) is 48.5 Å². The van der Waals surface area contributed by atoms with E-state index >= 15 is 0 Å². The molecule has 2 atom stereocenters. The Morgan fingerprint density at radius 3 is 2.29 bits per heavy atom. The molecule has 2 aromatic rings. The predicted molar refractivity (Wildman–Crippen MR) is 91.3 cm³/mol. The minimum Gasteiger partial charge on any atom is -0.497 e. The van der Waals surface area contributed by atoms with Crippen molar-refractivity contribution in [2.24, 2.45) is 0 Å². The number of likely N-dealkylation sites (N-methyl/N-ethyl adjacent to an activating group) is 1. The number of rotatable bonds is 7. The summed E-state index contributed by atoms with van der Waals surface area (Å²) in [5.74, 6) is 0.536. The lowest BCUT2D eigenvalue weighted by atomic mass is 10.1. The number of halogens is 1. The van der Waals surface area contributed by atoms with Gasteiger partial charge in [0, 0.05) is 12.1 Å².